The summed E-state index contributed by atoms with van der Waals surface area (Å²) < 4.78 is 39.9. The number of nitrogens with zero attached hydrogens (tertiary/aromatic N) is 1. The van der Waals surface area contributed by atoms with Gasteiger partial charge in [0.05, 0.1) is 11.3 Å². The van der Waals surface area contributed by atoms with Crippen LogP contribution in [-0.4, -0.2) is 24.5 Å². The summed E-state index contributed by atoms with van der Waals surface area (Å²) in [6.45, 7) is 0.476. The van der Waals surface area contributed by atoms with Crippen molar-refractivity contribution in [2.45, 2.75) is 25.1 Å². The summed E-state index contributed by atoms with van der Waals surface area (Å²) in [5.41, 5.74) is 1.30. The zero-order valence-electron chi connectivity index (χ0n) is 17.6. The summed E-state index contributed by atoms with van der Waals surface area (Å²) in [4.78, 5) is 27.7. The average molecular weight is 453 g/mol. The van der Waals surface area contributed by atoms with Crippen LogP contribution in [0.4, 0.5) is 29.3 Å². The van der Waals surface area contributed by atoms with E-state index >= 15 is 0 Å². The Hall–Kier alpha value is -3.81. The molecule has 3 amide bonds. The minimum absolute atomic E-state index is 0.201. The SMILES string of the molecule is O=C(Nc1ccccc1C(F)(F)F)N[C@H](Cc1ccccc1)C(=O)N1CCc2ccccc21. The Balaban J connectivity index is 1.56. The number of nitrogens with one attached hydrogen (secondary N) is 2. The van der Waals surface area contributed by atoms with Crippen LogP contribution < -0.4 is 15.5 Å². The molecular weight excluding hydrogens is 431 g/mol. The zero-order valence-corrected chi connectivity index (χ0v) is 17.6. The summed E-state index contributed by atoms with van der Waals surface area (Å²) in [5.74, 6) is -0.317. The van der Waals surface area contributed by atoms with Gasteiger partial charge in [0, 0.05) is 18.7 Å². The van der Waals surface area contributed by atoms with Crippen molar-refractivity contribution in [2.24, 2.45) is 0 Å². The van der Waals surface area contributed by atoms with Gasteiger partial charge in [-0.3, -0.25) is 4.79 Å². The predicted octanol–water partition coefficient (Wildman–Crippen LogP) is 5.03. The second-order valence-corrected chi connectivity index (χ2v) is 7.75. The van der Waals surface area contributed by atoms with Crippen molar-refractivity contribution in [3.05, 3.63) is 95.6 Å². The van der Waals surface area contributed by atoms with E-state index in [2.05, 4.69) is 10.6 Å². The van der Waals surface area contributed by atoms with Gasteiger partial charge in [0.25, 0.3) is 0 Å². The normalized spacial score (nSPS) is 13.8. The first-order valence-corrected chi connectivity index (χ1v) is 10.5. The molecule has 8 heteroatoms. The molecule has 0 aromatic heterocycles. The Kier molecular flexibility index (Phi) is 6.35. The standard InChI is InChI=1S/C25H22F3N3O2/c26-25(27,28)19-11-5-6-12-20(19)29-24(33)30-21(16-17-8-2-1-3-9-17)23(32)31-15-14-18-10-4-7-13-22(18)31/h1-13,21H,14-16H2,(H2,29,30,33)/t21-/m1/s1. The number of amides is 3. The summed E-state index contributed by atoms with van der Waals surface area (Å²) in [5, 5.41) is 4.85. The average Bonchev–Trinajstić information content (AvgIpc) is 3.23. The van der Waals surface area contributed by atoms with Crippen molar-refractivity contribution in [2.75, 3.05) is 16.8 Å². The Morgan fingerprint density at radius 1 is 0.909 bits per heavy atom. The lowest BCUT2D eigenvalue weighted by Gasteiger charge is -2.25. The van der Waals surface area contributed by atoms with Crippen molar-refractivity contribution in [3.63, 3.8) is 0 Å². The Bertz CT molecular complexity index is 1150. The van der Waals surface area contributed by atoms with E-state index in [0.29, 0.717) is 13.0 Å². The molecule has 170 valence electrons. The maximum absolute atomic E-state index is 13.4. The number of anilines is 2. The molecule has 0 fully saturated rings. The lowest BCUT2D eigenvalue weighted by molar-refractivity contribution is -0.137. The largest absolute Gasteiger partial charge is 0.418 e. The molecule has 33 heavy (non-hydrogen) atoms. The molecule has 5 nitrogen and oxygen atoms in total. The number of alkyl halides is 3. The minimum atomic E-state index is -4.62. The maximum atomic E-state index is 13.4. The molecule has 2 N–H and O–H groups in total. The number of para-hydroxylation sites is 2. The fourth-order valence-corrected chi connectivity index (χ4v) is 3.96. The Morgan fingerprint density at radius 3 is 2.33 bits per heavy atom. The summed E-state index contributed by atoms with van der Waals surface area (Å²) in [6.07, 6.45) is -3.72. The highest BCUT2D eigenvalue weighted by Gasteiger charge is 2.35. The predicted molar refractivity (Wildman–Crippen MR) is 120 cm³/mol. The van der Waals surface area contributed by atoms with Crippen molar-refractivity contribution < 1.29 is 22.8 Å². The first kappa shape index (κ1) is 22.4. The van der Waals surface area contributed by atoms with Crippen LogP contribution in [0.3, 0.4) is 0 Å². The fourth-order valence-electron chi connectivity index (χ4n) is 3.96. The highest BCUT2D eigenvalue weighted by atomic mass is 19.4. The third kappa shape index (κ3) is 5.16. The van der Waals surface area contributed by atoms with Gasteiger partial charge in [0.15, 0.2) is 0 Å². The van der Waals surface area contributed by atoms with Crippen molar-refractivity contribution in [3.8, 4) is 0 Å². The number of urea groups is 1. The lowest BCUT2D eigenvalue weighted by atomic mass is 10.0. The molecule has 4 rings (SSSR count). The zero-order chi connectivity index (χ0) is 23.4. The Labute approximate surface area is 189 Å². The van der Waals surface area contributed by atoms with Gasteiger partial charge in [-0.05, 0) is 35.7 Å². The number of hydrogen-bond donors (Lipinski definition) is 2. The van der Waals surface area contributed by atoms with Gasteiger partial charge < -0.3 is 15.5 Å². The number of hydrogen-bond acceptors (Lipinski definition) is 2. The monoisotopic (exact) mass is 453 g/mol. The van der Waals surface area contributed by atoms with Crippen LogP contribution in [0, 0.1) is 0 Å². The summed E-state index contributed by atoms with van der Waals surface area (Å²) >= 11 is 0. The van der Waals surface area contributed by atoms with Crippen LogP contribution in [0.5, 0.6) is 0 Å². The number of benzene rings is 3. The molecule has 1 aliphatic rings. The smallest absolute Gasteiger partial charge is 0.326 e. The topological polar surface area (TPSA) is 61.4 Å². The van der Waals surface area contributed by atoms with Gasteiger partial charge in [0.2, 0.25) is 5.91 Å². The summed E-state index contributed by atoms with van der Waals surface area (Å²) in [6, 6.07) is 19.5. The van der Waals surface area contributed by atoms with Crippen LogP contribution >= 0.6 is 0 Å². The van der Waals surface area contributed by atoms with Gasteiger partial charge in [-0.25, -0.2) is 4.79 Å². The van der Waals surface area contributed by atoms with Crippen LogP contribution in [0.15, 0.2) is 78.9 Å². The van der Waals surface area contributed by atoms with Crippen molar-refractivity contribution >= 4 is 23.3 Å². The quantitative estimate of drug-likeness (QED) is 0.570. The van der Waals surface area contributed by atoms with Crippen molar-refractivity contribution in [1.29, 1.82) is 0 Å². The van der Waals surface area contributed by atoms with E-state index in [1.807, 2.05) is 54.6 Å². The van der Waals surface area contributed by atoms with E-state index in [-0.39, 0.29) is 18.0 Å². The molecule has 0 saturated heterocycles. The van der Waals surface area contributed by atoms with E-state index in [9.17, 15) is 22.8 Å². The molecule has 1 aliphatic heterocycles. The number of carbonyl (C=O) groups is 2. The second kappa shape index (κ2) is 9.36. The first-order chi connectivity index (χ1) is 15.8. The Morgan fingerprint density at radius 2 is 1.58 bits per heavy atom. The number of carbonyl (C=O) groups excluding carboxylic acids is 2. The third-order valence-corrected chi connectivity index (χ3v) is 5.52. The van der Waals surface area contributed by atoms with Crippen LogP contribution in [0.25, 0.3) is 0 Å². The van der Waals surface area contributed by atoms with E-state index in [1.54, 1.807) is 4.90 Å². The van der Waals surface area contributed by atoms with E-state index < -0.39 is 23.8 Å². The fraction of sp³-hybridized carbons (Fsp3) is 0.200. The molecule has 0 saturated carbocycles. The molecule has 0 radical (unpaired) electrons. The highest BCUT2D eigenvalue weighted by molar-refractivity contribution is 6.02. The second-order valence-electron chi connectivity index (χ2n) is 7.75. The van der Waals surface area contributed by atoms with Gasteiger partial charge in [-0.1, -0.05) is 60.7 Å². The maximum Gasteiger partial charge on any atom is 0.418 e. The number of fused-ring (bicyclic) bond motifs is 1. The van der Waals surface area contributed by atoms with Gasteiger partial charge in [0.1, 0.15) is 6.04 Å². The van der Waals surface area contributed by atoms with Crippen LogP contribution in [0.2, 0.25) is 0 Å². The minimum Gasteiger partial charge on any atom is -0.326 e. The van der Waals surface area contributed by atoms with E-state index in [4.69, 9.17) is 0 Å². The summed E-state index contributed by atoms with van der Waals surface area (Å²) in [7, 11) is 0. The van der Waals surface area contributed by atoms with Crippen LogP contribution in [0.1, 0.15) is 16.7 Å². The van der Waals surface area contributed by atoms with Gasteiger partial charge in [-0.15, -0.1) is 0 Å². The molecule has 0 aliphatic carbocycles. The van der Waals surface area contributed by atoms with E-state index in [1.165, 1.54) is 18.2 Å². The first-order valence-electron chi connectivity index (χ1n) is 10.5. The molecule has 3 aromatic carbocycles. The molecular formula is C25H22F3N3O2. The molecule has 0 bridgehead atoms. The number of rotatable bonds is 5. The number of halogens is 3. The third-order valence-electron chi connectivity index (χ3n) is 5.52. The lowest BCUT2D eigenvalue weighted by Crippen LogP contribution is -2.50. The molecule has 3 aromatic rings. The van der Waals surface area contributed by atoms with Gasteiger partial charge >= 0.3 is 12.2 Å². The molecule has 1 atom stereocenters. The molecule has 1 heterocycles. The van der Waals surface area contributed by atoms with E-state index in [0.717, 1.165) is 22.9 Å². The van der Waals surface area contributed by atoms with Crippen molar-refractivity contribution in [1.82, 2.24) is 5.32 Å². The highest BCUT2D eigenvalue weighted by Crippen LogP contribution is 2.34. The van der Waals surface area contributed by atoms with Crippen LogP contribution in [-0.2, 0) is 23.8 Å². The molecule has 0 unspecified atom stereocenters. The van der Waals surface area contributed by atoms with Gasteiger partial charge in [-0.2, -0.15) is 13.2 Å². The molecule has 0 spiro atoms.